The molecule has 2 heterocycles. The van der Waals surface area contributed by atoms with Crippen molar-refractivity contribution in [2.24, 2.45) is 5.92 Å². The van der Waals surface area contributed by atoms with E-state index in [1.54, 1.807) is 6.20 Å². The average Bonchev–Trinajstić information content (AvgIpc) is 2.61. The SMILES string of the molecule is Cc1ncc(C(=O)N2CCC[C@@H](CCc3ccc(F)cc3)C2)c(C)n1. The minimum Gasteiger partial charge on any atom is -0.338 e. The summed E-state index contributed by atoms with van der Waals surface area (Å²) in [6, 6.07) is 6.70. The molecule has 0 aliphatic carbocycles. The maximum absolute atomic E-state index is 13.0. The van der Waals surface area contributed by atoms with Crippen LogP contribution in [0.5, 0.6) is 0 Å². The topological polar surface area (TPSA) is 46.1 Å². The van der Waals surface area contributed by atoms with Gasteiger partial charge in [0.25, 0.3) is 5.91 Å². The fraction of sp³-hybridized carbons (Fsp3) is 0.450. The molecule has 4 nitrogen and oxygen atoms in total. The van der Waals surface area contributed by atoms with Crippen LogP contribution in [0.1, 0.15) is 46.7 Å². The standard InChI is InChI=1S/C20H24FN3O/c1-14-19(12-22-15(2)23-14)20(25)24-11-3-4-17(13-24)6-5-16-7-9-18(21)10-8-16/h7-10,12,17H,3-6,11,13H2,1-2H3/t17-/m0/s1. The van der Waals surface area contributed by atoms with Gasteiger partial charge in [0.1, 0.15) is 11.6 Å². The van der Waals surface area contributed by atoms with E-state index in [2.05, 4.69) is 9.97 Å². The van der Waals surface area contributed by atoms with E-state index in [9.17, 15) is 9.18 Å². The minimum absolute atomic E-state index is 0.0315. The predicted octanol–water partition coefficient (Wildman–Crippen LogP) is 3.72. The van der Waals surface area contributed by atoms with Crippen molar-refractivity contribution < 1.29 is 9.18 Å². The molecule has 1 aliphatic rings. The number of aryl methyl sites for hydroxylation is 3. The van der Waals surface area contributed by atoms with Crippen LogP contribution in [0, 0.1) is 25.6 Å². The Kier molecular flexibility index (Phi) is 5.41. The molecule has 1 aromatic carbocycles. The van der Waals surface area contributed by atoms with Crippen molar-refractivity contribution in [2.45, 2.75) is 39.5 Å². The van der Waals surface area contributed by atoms with Gasteiger partial charge in [-0.15, -0.1) is 0 Å². The summed E-state index contributed by atoms with van der Waals surface area (Å²) >= 11 is 0. The molecule has 132 valence electrons. The Morgan fingerprint density at radius 2 is 2.04 bits per heavy atom. The van der Waals surface area contributed by atoms with Gasteiger partial charge in [0.2, 0.25) is 0 Å². The van der Waals surface area contributed by atoms with Crippen LogP contribution >= 0.6 is 0 Å². The second kappa shape index (κ2) is 7.72. The van der Waals surface area contributed by atoms with Gasteiger partial charge < -0.3 is 4.90 Å². The van der Waals surface area contributed by atoms with Crippen LogP contribution in [0.25, 0.3) is 0 Å². The van der Waals surface area contributed by atoms with Crippen LogP contribution in [0.15, 0.2) is 30.5 Å². The van der Waals surface area contributed by atoms with Crippen molar-refractivity contribution in [1.29, 1.82) is 0 Å². The van der Waals surface area contributed by atoms with Crippen molar-refractivity contribution >= 4 is 5.91 Å². The number of nitrogens with zero attached hydrogens (tertiary/aromatic N) is 3. The van der Waals surface area contributed by atoms with E-state index in [4.69, 9.17) is 0 Å². The number of halogens is 1. The lowest BCUT2D eigenvalue weighted by atomic mass is 9.91. The Labute approximate surface area is 148 Å². The zero-order chi connectivity index (χ0) is 17.8. The molecule has 3 rings (SSSR count). The second-order valence-corrected chi connectivity index (χ2v) is 6.84. The Morgan fingerprint density at radius 3 is 2.76 bits per heavy atom. The highest BCUT2D eigenvalue weighted by Gasteiger charge is 2.25. The van der Waals surface area contributed by atoms with Gasteiger partial charge in [0.15, 0.2) is 0 Å². The van der Waals surface area contributed by atoms with Gasteiger partial charge in [-0.2, -0.15) is 0 Å². The largest absolute Gasteiger partial charge is 0.338 e. The van der Waals surface area contributed by atoms with E-state index in [0.29, 0.717) is 17.3 Å². The van der Waals surface area contributed by atoms with Crippen LogP contribution in [0.2, 0.25) is 0 Å². The Hall–Kier alpha value is -2.30. The molecular formula is C20H24FN3O. The summed E-state index contributed by atoms with van der Waals surface area (Å²) in [4.78, 5) is 23.2. The molecular weight excluding hydrogens is 317 g/mol. The van der Waals surface area contributed by atoms with E-state index in [1.165, 1.54) is 12.1 Å². The van der Waals surface area contributed by atoms with Crippen molar-refractivity contribution in [2.75, 3.05) is 13.1 Å². The van der Waals surface area contributed by atoms with Gasteiger partial charge in [0, 0.05) is 19.3 Å². The number of hydrogen-bond acceptors (Lipinski definition) is 3. The van der Waals surface area contributed by atoms with Gasteiger partial charge in [-0.1, -0.05) is 12.1 Å². The fourth-order valence-corrected chi connectivity index (χ4v) is 3.47. The molecule has 1 atom stereocenters. The normalized spacial score (nSPS) is 17.6. The highest BCUT2D eigenvalue weighted by molar-refractivity contribution is 5.95. The molecule has 0 N–H and O–H groups in total. The molecule has 2 aromatic rings. The van der Waals surface area contributed by atoms with Crippen molar-refractivity contribution in [3.8, 4) is 0 Å². The molecule has 0 unspecified atom stereocenters. The lowest BCUT2D eigenvalue weighted by molar-refractivity contribution is 0.0666. The summed E-state index contributed by atoms with van der Waals surface area (Å²) in [5.74, 6) is 0.997. The van der Waals surface area contributed by atoms with Crippen LogP contribution in [0.4, 0.5) is 4.39 Å². The first-order valence-corrected chi connectivity index (χ1v) is 8.87. The fourth-order valence-electron chi connectivity index (χ4n) is 3.47. The molecule has 1 aromatic heterocycles. The second-order valence-electron chi connectivity index (χ2n) is 6.84. The van der Waals surface area contributed by atoms with Crippen molar-refractivity contribution in [1.82, 2.24) is 14.9 Å². The maximum atomic E-state index is 13.0. The molecule has 25 heavy (non-hydrogen) atoms. The van der Waals surface area contributed by atoms with Gasteiger partial charge in [-0.05, 0) is 63.1 Å². The first-order chi connectivity index (χ1) is 12.0. The number of aromatic nitrogens is 2. The minimum atomic E-state index is -0.200. The van der Waals surface area contributed by atoms with Crippen LogP contribution < -0.4 is 0 Å². The number of carbonyl (C=O) groups is 1. The van der Waals surface area contributed by atoms with Crippen LogP contribution in [-0.2, 0) is 6.42 Å². The van der Waals surface area contributed by atoms with Gasteiger partial charge in [0.05, 0.1) is 11.3 Å². The Morgan fingerprint density at radius 1 is 1.28 bits per heavy atom. The van der Waals surface area contributed by atoms with E-state index in [1.807, 2.05) is 30.9 Å². The third-order valence-corrected chi connectivity index (χ3v) is 4.89. The zero-order valence-electron chi connectivity index (χ0n) is 14.8. The number of rotatable bonds is 4. The molecule has 1 aliphatic heterocycles. The van der Waals surface area contributed by atoms with Crippen LogP contribution in [0.3, 0.4) is 0 Å². The predicted molar refractivity (Wildman–Crippen MR) is 94.9 cm³/mol. The number of carbonyl (C=O) groups excluding carboxylic acids is 1. The summed E-state index contributed by atoms with van der Waals surface area (Å²) in [5, 5.41) is 0. The number of piperidine rings is 1. The summed E-state index contributed by atoms with van der Waals surface area (Å²) in [6.45, 7) is 5.25. The monoisotopic (exact) mass is 341 g/mol. The molecule has 0 radical (unpaired) electrons. The number of hydrogen-bond donors (Lipinski definition) is 0. The third kappa shape index (κ3) is 4.41. The van der Waals surface area contributed by atoms with E-state index in [0.717, 1.165) is 50.0 Å². The van der Waals surface area contributed by atoms with Gasteiger partial charge >= 0.3 is 0 Å². The van der Waals surface area contributed by atoms with E-state index in [-0.39, 0.29) is 11.7 Å². The third-order valence-electron chi connectivity index (χ3n) is 4.89. The first kappa shape index (κ1) is 17.5. The quantitative estimate of drug-likeness (QED) is 0.851. The van der Waals surface area contributed by atoms with Gasteiger partial charge in [-0.3, -0.25) is 4.79 Å². The molecule has 1 amide bonds. The highest BCUT2D eigenvalue weighted by Crippen LogP contribution is 2.23. The summed E-state index contributed by atoms with van der Waals surface area (Å²) in [7, 11) is 0. The van der Waals surface area contributed by atoms with E-state index >= 15 is 0 Å². The smallest absolute Gasteiger partial charge is 0.257 e. The summed E-state index contributed by atoms with van der Waals surface area (Å²) in [6.07, 6.45) is 5.72. The maximum Gasteiger partial charge on any atom is 0.257 e. The molecule has 1 saturated heterocycles. The van der Waals surface area contributed by atoms with Crippen LogP contribution in [-0.4, -0.2) is 33.9 Å². The average molecular weight is 341 g/mol. The van der Waals surface area contributed by atoms with E-state index < -0.39 is 0 Å². The molecule has 1 fully saturated rings. The number of amides is 1. The molecule has 0 spiro atoms. The lowest BCUT2D eigenvalue weighted by Gasteiger charge is -2.33. The molecule has 5 heteroatoms. The lowest BCUT2D eigenvalue weighted by Crippen LogP contribution is -2.40. The number of likely N-dealkylation sites (tertiary alicyclic amines) is 1. The summed E-state index contributed by atoms with van der Waals surface area (Å²) in [5.41, 5.74) is 2.49. The number of benzene rings is 1. The molecule has 0 saturated carbocycles. The van der Waals surface area contributed by atoms with Crippen molar-refractivity contribution in [3.05, 3.63) is 58.9 Å². The summed E-state index contributed by atoms with van der Waals surface area (Å²) < 4.78 is 13.0. The molecule has 0 bridgehead atoms. The zero-order valence-corrected chi connectivity index (χ0v) is 14.8. The van der Waals surface area contributed by atoms with Crippen molar-refractivity contribution in [3.63, 3.8) is 0 Å². The van der Waals surface area contributed by atoms with Gasteiger partial charge in [-0.25, -0.2) is 14.4 Å². The highest BCUT2D eigenvalue weighted by atomic mass is 19.1. The first-order valence-electron chi connectivity index (χ1n) is 8.87. The Balaban J connectivity index is 1.60. The Bertz CT molecular complexity index is 745.